The molecule has 5 aromatic rings. The number of nitrogens with zero attached hydrogens (tertiary/aromatic N) is 5. The lowest BCUT2D eigenvalue weighted by Gasteiger charge is -2.11. The second-order valence-corrected chi connectivity index (χ2v) is 6.58. The van der Waals surface area contributed by atoms with E-state index in [-0.39, 0.29) is 24.3 Å². The van der Waals surface area contributed by atoms with Crippen molar-refractivity contribution < 1.29 is 13.7 Å². The zero-order chi connectivity index (χ0) is 21.2. The molecule has 2 N–H and O–H groups in total. The van der Waals surface area contributed by atoms with Gasteiger partial charge in [0.05, 0.1) is 30.2 Å². The highest BCUT2D eigenvalue weighted by molar-refractivity contribution is 5.93. The molecular weight excluding hydrogens is 402 g/mol. The molecule has 0 radical (unpaired) electrons. The van der Waals surface area contributed by atoms with E-state index in [0.717, 1.165) is 0 Å². The number of amides is 1. The molecule has 4 heterocycles. The molecule has 4 aromatic heterocycles. The second-order valence-electron chi connectivity index (χ2n) is 6.58. The highest BCUT2D eigenvalue weighted by atomic mass is 16.5. The number of H-pyrrole nitrogens is 1. The summed E-state index contributed by atoms with van der Waals surface area (Å²) in [7, 11) is 0. The van der Waals surface area contributed by atoms with E-state index < -0.39 is 0 Å². The van der Waals surface area contributed by atoms with Crippen molar-refractivity contribution in [3.8, 4) is 17.3 Å². The minimum atomic E-state index is -0.286. The van der Waals surface area contributed by atoms with Gasteiger partial charge in [0, 0.05) is 12.8 Å². The SMILES string of the molecule is O=C(CCc1nc(-c2ccco2)no1)Nc1ccccc1-n1ncc2c(=O)[nH]cnc21. The van der Waals surface area contributed by atoms with E-state index in [0.29, 0.717) is 39.9 Å². The van der Waals surface area contributed by atoms with Gasteiger partial charge in [-0.15, -0.1) is 0 Å². The third-order valence-electron chi connectivity index (χ3n) is 4.55. The first kappa shape index (κ1) is 18.5. The summed E-state index contributed by atoms with van der Waals surface area (Å²) >= 11 is 0. The molecule has 0 aliphatic carbocycles. The number of aryl methyl sites for hydroxylation is 1. The van der Waals surface area contributed by atoms with E-state index in [2.05, 4.69) is 30.5 Å². The van der Waals surface area contributed by atoms with Gasteiger partial charge in [-0.2, -0.15) is 10.1 Å². The monoisotopic (exact) mass is 417 g/mol. The van der Waals surface area contributed by atoms with Crippen LogP contribution in [-0.2, 0) is 11.2 Å². The lowest BCUT2D eigenvalue weighted by atomic mass is 10.2. The zero-order valence-corrected chi connectivity index (χ0v) is 16.0. The topological polar surface area (TPSA) is 145 Å². The Morgan fingerprint density at radius 1 is 1.19 bits per heavy atom. The number of para-hydroxylation sites is 2. The van der Waals surface area contributed by atoms with Crippen LogP contribution < -0.4 is 10.9 Å². The number of nitrogens with one attached hydrogen (secondary N) is 2. The number of carbonyl (C=O) groups is 1. The van der Waals surface area contributed by atoms with Crippen LogP contribution in [0.25, 0.3) is 28.3 Å². The molecule has 31 heavy (non-hydrogen) atoms. The van der Waals surface area contributed by atoms with Crippen molar-refractivity contribution in [1.29, 1.82) is 0 Å². The Balaban J connectivity index is 1.32. The lowest BCUT2D eigenvalue weighted by molar-refractivity contribution is -0.116. The minimum Gasteiger partial charge on any atom is -0.461 e. The summed E-state index contributed by atoms with van der Waals surface area (Å²) in [5, 5.41) is 11.3. The number of aromatic nitrogens is 6. The first-order valence-corrected chi connectivity index (χ1v) is 9.36. The number of furan rings is 1. The van der Waals surface area contributed by atoms with E-state index in [9.17, 15) is 9.59 Å². The standard InChI is InChI=1S/C20H15N7O4/c28-16(7-8-17-25-18(26-31-17)15-6-3-9-30-15)24-13-4-1-2-5-14(13)27-19-12(10-23-27)20(29)22-11-21-19/h1-6,9-11H,7-8H2,(H,24,28)(H,21,22,29). The predicted molar refractivity (Wildman–Crippen MR) is 108 cm³/mol. The number of hydrogen-bond donors (Lipinski definition) is 2. The van der Waals surface area contributed by atoms with Gasteiger partial charge in [0.15, 0.2) is 11.4 Å². The molecule has 0 spiro atoms. The van der Waals surface area contributed by atoms with Crippen LogP contribution in [0.3, 0.4) is 0 Å². The second kappa shape index (κ2) is 7.71. The third kappa shape index (κ3) is 3.59. The summed E-state index contributed by atoms with van der Waals surface area (Å²) in [6.07, 6.45) is 4.66. The van der Waals surface area contributed by atoms with E-state index in [1.54, 1.807) is 36.4 Å². The molecule has 5 rings (SSSR count). The molecule has 0 bridgehead atoms. The van der Waals surface area contributed by atoms with Crippen molar-refractivity contribution >= 4 is 22.6 Å². The highest BCUT2D eigenvalue weighted by Crippen LogP contribution is 2.22. The van der Waals surface area contributed by atoms with Gasteiger partial charge < -0.3 is 19.2 Å². The van der Waals surface area contributed by atoms with Gasteiger partial charge in [0.1, 0.15) is 5.39 Å². The molecule has 0 saturated heterocycles. The molecule has 11 heteroatoms. The number of aromatic amines is 1. The van der Waals surface area contributed by atoms with Crippen LogP contribution >= 0.6 is 0 Å². The molecule has 1 aromatic carbocycles. The Labute approximate surface area is 173 Å². The molecule has 0 atom stereocenters. The van der Waals surface area contributed by atoms with Gasteiger partial charge in [-0.05, 0) is 24.3 Å². The third-order valence-corrected chi connectivity index (χ3v) is 4.55. The molecule has 0 aliphatic rings. The number of hydrogen-bond acceptors (Lipinski definition) is 8. The maximum atomic E-state index is 12.5. The number of fused-ring (bicyclic) bond motifs is 1. The molecule has 0 fully saturated rings. The van der Waals surface area contributed by atoms with Crippen molar-refractivity contribution in [2.75, 3.05) is 5.32 Å². The van der Waals surface area contributed by atoms with Crippen LogP contribution in [0.15, 0.2) is 68.9 Å². The van der Waals surface area contributed by atoms with E-state index in [4.69, 9.17) is 8.94 Å². The molecule has 11 nitrogen and oxygen atoms in total. The molecular formula is C20H15N7O4. The van der Waals surface area contributed by atoms with Gasteiger partial charge >= 0.3 is 0 Å². The maximum Gasteiger partial charge on any atom is 0.261 e. The average molecular weight is 417 g/mol. The fourth-order valence-electron chi connectivity index (χ4n) is 3.09. The predicted octanol–water partition coefficient (Wildman–Crippen LogP) is 2.32. The number of anilines is 1. The van der Waals surface area contributed by atoms with Crippen molar-refractivity contribution in [2.24, 2.45) is 0 Å². The van der Waals surface area contributed by atoms with Gasteiger partial charge in [-0.3, -0.25) is 9.59 Å². The maximum absolute atomic E-state index is 12.5. The Hall–Kier alpha value is -4.54. The number of rotatable bonds is 6. The van der Waals surface area contributed by atoms with Crippen LogP contribution in [0.4, 0.5) is 5.69 Å². The first-order valence-electron chi connectivity index (χ1n) is 9.36. The van der Waals surface area contributed by atoms with Gasteiger partial charge in [0.25, 0.3) is 5.56 Å². The molecule has 154 valence electrons. The van der Waals surface area contributed by atoms with Crippen molar-refractivity contribution in [3.63, 3.8) is 0 Å². The summed E-state index contributed by atoms with van der Waals surface area (Å²) in [6.45, 7) is 0. The highest BCUT2D eigenvalue weighted by Gasteiger charge is 2.15. The Kier molecular flexibility index (Phi) is 4.60. The summed E-state index contributed by atoms with van der Waals surface area (Å²) in [5.74, 6) is 0.912. The van der Waals surface area contributed by atoms with Gasteiger partial charge in [0.2, 0.25) is 17.6 Å². The molecule has 0 saturated carbocycles. The fraction of sp³-hybridized carbons (Fsp3) is 0.100. The molecule has 1 amide bonds. The summed E-state index contributed by atoms with van der Waals surface area (Å²) in [4.78, 5) is 35.4. The average Bonchev–Trinajstić information content (AvgIpc) is 3.53. The van der Waals surface area contributed by atoms with E-state index in [1.165, 1.54) is 23.5 Å². The Bertz CT molecular complexity index is 1410. The first-order chi connectivity index (χ1) is 15.2. The van der Waals surface area contributed by atoms with Crippen molar-refractivity contribution in [2.45, 2.75) is 12.8 Å². The van der Waals surface area contributed by atoms with E-state index in [1.807, 2.05) is 0 Å². The van der Waals surface area contributed by atoms with Crippen LogP contribution in [0.1, 0.15) is 12.3 Å². The minimum absolute atomic E-state index is 0.131. The van der Waals surface area contributed by atoms with E-state index >= 15 is 0 Å². The van der Waals surface area contributed by atoms with Crippen LogP contribution in [0.2, 0.25) is 0 Å². The summed E-state index contributed by atoms with van der Waals surface area (Å²) in [6, 6.07) is 10.6. The largest absolute Gasteiger partial charge is 0.461 e. The van der Waals surface area contributed by atoms with Crippen LogP contribution in [0.5, 0.6) is 0 Å². The van der Waals surface area contributed by atoms with Crippen molar-refractivity contribution in [3.05, 3.63) is 71.4 Å². The normalized spacial score (nSPS) is 11.1. The smallest absolute Gasteiger partial charge is 0.261 e. The molecule has 0 unspecified atom stereocenters. The Morgan fingerprint density at radius 2 is 2.10 bits per heavy atom. The number of benzene rings is 1. The van der Waals surface area contributed by atoms with Gasteiger partial charge in [-0.25, -0.2) is 9.67 Å². The quantitative estimate of drug-likeness (QED) is 0.428. The molecule has 0 aliphatic heterocycles. The zero-order valence-electron chi connectivity index (χ0n) is 16.0. The van der Waals surface area contributed by atoms with Crippen molar-refractivity contribution in [1.82, 2.24) is 29.9 Å². The fourth-order valence-corrected chi connectivity index (χ4v) is 3.09. The number of carbonyl (C=O) groups excluding carboxylic acids is 1. The van der Waals surface area contributed by atoms with Gasteiger partial charge in [-0.1, -0.05) is 17.3 Å². The summed E-state index contributed by atoms with van der Waals surface area (Å²) in [5.41, 5.74) is 1.22. The Morgan fingerprint density at radius 3 is 2.97 bits per heavy atom. The summed E-state index contributed by atoms with van der Waals surface area (Å²) < 4.78 is 11.9. The lowest BCUT2D eigenvalue weighted by Crippen LogP contribution is -2.15. The van der Waals surface area contributed by atoms with Crippen LogP contribution in [-0.4, -0.2) is 35.8 Å². The van der Waals surface area contributed by atoms with Crippen LogP contribution in [0, 0.1) is 0 Å².